The van der Waals surface area contributed by atoms with Gasteiger partial charge in [-0.25, -0.2) is 0 Å². The highest BCUT2D eigenvalue weighted by atomic mass is 16.2. The molecule has 0 spiro atoms. The van der Waals surface area contributed by atoms with E-state index in [0.29, 0.717) is 18.3 Å². The summed E-state index contributed by atoms with van der Waals surface area (Å²) in [6.45, 7) is 11.2. The standard InChI is InChI=1S/C22H33NO2/c1-15(2)17(5)22(25)23-14-6-7-20(23)21(24)13-10-18-8-11-19(12-9-18)16(3)4/h8-9,11-12,15-17,20H,6-7,10,13-14H2,1-5H3/t17-,20-/m0/s1. The molecule has 1 saturated heterocycles. The summed E-state index contributed by atoms with van der Waals surface area (Å²) in [7, 11) is 0. The first-order valence-electron chi connectivity index (χ1n) is 9.73. The number of Topliss-reactive ketones (excluding diaryl/α,β-unsaturated/α-hetero) is 1. The highest BCUT2D eigenvalue weighted by molar-refractivity contribution is 5.90. The maximum atomic E-state index is 12.7. The van der Waals surface area contributed by atoms with E-state index >= 15 is 0 Å². The molecule has 1 aliphatic heterocycles. The van der Waals surface area contributed by atoms with Crippen LogP contribution in [0.2, 0.25) is 0 Å². The molecule has 1 heterocycles. The van der Waals surface area contributed by atoms with Gasteiger partial charge in [-0.2, -0.15) is 0 Å². The van der Waals surface area contributed by atoms with Gasteiger partial charge in [-0.15, -0.1) is 0 Å². The zero-order valence-corrected chi connectivity index (χ0v) is 16.4. The van der Waals surface area contributed by atoms with Crippen LogP contribution in [0.4, 0.5) is 0 Å². The Hall–Kier alpha value is -1.64. The van der Waals surface area contributed by atoms with Crippen molar-refractivity contribution in [3.05, 3.63) is 35.4 Å². The van der Waals surface area contributed by atoms with Crippen LogP contribution in [-0.2, 0) is 16.0 Å². The summed E-state index contributed by atoms with van der Waals surface area (Å²) in [4.78, 5) is 27.2. The minimum atomic E-state index is -0.205. The van der Waals surface area contributed by atoms with Gasteiger partial charge in [0.05, 0.1) is 6.04 Å². The summed E-state index contributed by atoms with van der Waals surface area (Å²) in [6, 6.07) is 8.35. The van der Waals surface area contributed by atoms with Crippen molar-refractivity contribution in [1.82, 2.24) is 4.90 Å². The van der Waals surface area contributed by atoms with E-state index in [1.165, 1.54) is 11.1 Å². The van der Waals surface area contributed by atoms with Gasteiger partial charge in [-0.1, -0.05) is 58.9 Å². The first-order chi connectivity index (χ1) is 11.8. The molecule has 3 heteroatoms. The number of likely N-dealkylation sites (tertiary alicyclic amines) is 1. The lowest BCUT2D eigenvalue weighted by molar-refractivity contribution is -0.141. The minimum Gasteiger partial charge on any atom is -0.332 e. The van der Waals surface area contributed by atoms with Crippen molar-refractivity contribution >= 4 is 11.7 Å². The third-order valence-corrected chi connectivity index (χ3v) is 5.60. The molecule has 0 aliphatic carbocycles. The SMILES string of the molecule is CC(C)c1ccc(CCC(=O)[C@@H]2CCCN2C(=O)[C@@H](C)C(C)C)cc1. The summed E-state index contributed by atoms with van der Waals surface area (Å²) in [5, 5.41) is 0. The molecule has 0 bridgehead atoms. The predicted octanol–water partition coefficient (Wildman–Crippen LogP) is 4.59. The Morgan fingerprint density at radius 3 is 2.28 bits per heavy atom. The van der Waals surface area contributed by atoms with Crippen LogP contribution in [0, 0.1) is 11.8 Å². The second-order valence-corrected chi connectivity index (χ2v) is 8.08. The number of hydrogen-bond acceptors (Lipinski definition) is 2. The maximum absolute atomic E-state index is 12.7. The zero-order valence-electron chi connectivity index (χ0n) is 16.4. The van der Waals surface area contributed by atoms with Crippen molar-refractivity contribution in [2.24, 2.45) is 11.8 Å². The highest BCUT2D eigenvalue weighted by Crippen LogP contribution is 2.24. The van der Waals surface area contributed by atoms with Crippen LogP contribution in [-0.4, -0.2) is 29.2 Å². The average molecular weight is 344 g/mol. The largest absolute Gasteiger partial charge is 0.332 e. The predicted molar refractivity (Wildman–Crippen MR) is 103 cm³/mol. The topological polar surface area (TPSA) is 37.4 Å². The van der Waals surface area contributed by atoms with Crippen molar-refractivity contribution in [2.45, 2.75) is 72.3 Å². The van der Waals surface area contributed by atoms with E-state index < -0.39 is 0 Å². The number of ketones is 1. The van der Waals surface area contributed by atoms with Crippen LogP contribution in [0.15, 0.2) is 24.3 Å². The molecular weight excluding hydrogens is 310 g/mol. The van der Waals surface area contributed by atoms with Gasteiger partial charge >= 0.3 is 0 Å². The number of aryl methyl sites for hydroxylation is 1. The molecule has 0 aromatic heterocycles. The summed E-state index contributed by atoms with van der Waals surface area (Å²) < 4.78 is 0. The maximum Gasteiger partial charge on any atom is 0.226 e. The van der Waals surface area contributed by atoms with Crippen molar-refractivity contribution in [2.75, 3.05) is 6.54 Å². The van der Waals surface area contributed by atoms with Crippen LogP contribution in [0.5, 0.6) is 0 Å². The lowest BCUT2D eigenvalue weighted by atomic mass is 9.95. The average Bonchev–Trinajstić information content (AvgIpc) is 3.08. The van der Waals surface area contributed by atoms with Crippen molar-refractivity contribution in [3.63, 3.8) is 0 Å². The van der Waals surface area contributed by atoms with Gasteiger partial charge in [0.1, 0.15) is 0 Å². The van der Waals surface area contributed by atoms with Gasteiger partial charge in [0.15, 0.2) is 5.78 Å². The number of carbonyl (C=O) groups excluding carboxylic acids is 2. The first kappa shape index (κ1) is 19.7. The Kier molecular flexibility index (Phi) is 6.80. The second kappa shape index (κ2) is 8.64. The molecule has 25 heavy (non-hydrogen) atoms. The van der Waals surface area contributed by atoms with E-state index in [0.717, 1.165) is 25.8 Å². The zero-order chi connectivity index (χ0) is 18.6. The smallest absolute Gasteiger partial charge is 0.226 e. The molecule has 0 saturated carbocycles. The van der Waals surface area contributed by atoms with Crippen LogP contribution >= 0.6 is 0 Å². The van der Waals surface area contributed by atoms with Crippen LogP contribution < -0.4 is 0 Å². The van der Waals surface area contributed by atoms with Crippen LogP contribution in [0.25, 0.3) is 0 Å². The minimum absolute atomic E-state index is 0.0167. The van der Waals surface area contributed by atoms with Crippen molar-refractivity contribution in [3.8, 4) is 0 Å². The van der Waals surface area contributed by atoms with Gasteiger partial charge < -0.3 is 4.90 Å². The third-order valence-electron chi connectivity index (χ3n) is 5.60. The van der Waals surface area contributed by atoms with E-state index in [9.17, 15) is 9.59 Å². The normalized spacial score (nSPS) is 18.8. The number of amides is 1. The van der Waals surface area contributed by atoms with Gasteiger partial charge in [0, 0.05) is 18.9 Å². The van der Waals surface area contributed by atoms with E-state index in [-0.39, 0.29) is 23.7 Å². The monoisotopic (exact) mass is 343 g/mol. The second-order valence-electron chi connectivity index (χ2n) is 8.08. The molecule has 0 radical (unpaired) electrons. The third kappa shape index (κ3) is 4.93. The molecule has 1 amide bonds. The number of hydrogen-bond donors (Lipinski definition) is 0. The lowest BCUT2D eigenvalue weighted by Gasteiger charge is -2.28. The van der Waals surface area contributed by atoms with E-state index in [1.54, 1.807) is 0 Å². The fraction of sp³-hybridized carbons (Fsp3) is 0.636. The molecule has 138 valence electrons. The fourth-order valence-corrected chi connectivity index (χ4v) is 3.42. The molecule has 1 aromatic rings. The van der Waals surface area contributed by atoms with Gasteiger partial charge in [0.2, 0.25) is 5.91 Å². The first-order valence-corrected chi connectivity index (χ1v) is 9.73. The number of nitrogens with zero attached hydrogens (tertiary/aromatic N) is 1. The molecule has 1 aromatic carbocycles. The van der Waals surface area contributed by atoms with Gasteiger partial charge in [-0.3, -0.25) is 9.59 Å². The Morgan fingerprint density at radius 1 is 1.08 bits per heavy atom. The van der Waals surface area contributed by atoms with E-state index in [1.807, 2.05) is 11.8 Å². The molecule has 3 nitrogen and oxygen atoms in total. The van der Waals surface area contributed by atoms with Crippen LogP contribution in [0.1, 0.15) is 70.9 Å². The molecule has 1 aliphatic rings. The van der Waals surface area contributed by atoms with Gasteiger partial charge in [0.25, 0.3) is 0 Å². The van der Waals surface area contributed by atoms with Crippen molar-refractivity contribution < 1.29 is 9.59 Å². The summed E-state index contributed by atoms with van der Waals surface area (Å²) >= 11 is 0. The molecular formula is C22H33NO2. The molecule has 0 unspecified atom stereocenters. The quantitative estimate of drug-likeness (QED) is 0.726. The Labute approximate surface area is 152 Å². The molecule has 1 fully saturated rings. The molecule has 2 rings (SSSR count). The Morgan fingerprint density at radius 2 is 1.72 bits per heavy atom. The summed E-state index contributed by atoms with van der Waals surface area (Å²) in [6.07, 6.45) is 3.04. The fourth-order valence-electron chi connectivity index (χ4n) is 3.42. The Bertz CT molecular complexity index is 589. The summed E-state index contributed by atoms with van der Waals surface area (Å²) in [5.74, 6) is 1.18. The van der Waals surface area contributed by atoms with Crippen LogP contribution in [0.3, 0.4) is 0 Å². The number of rotatable bonds is 7. The molecule has 0 N–H and O–H groups in total. The number of carbonyl (C=O) groups is 2. The lowest BCUT2D eigenvalue weighted by Crippen LogP contribution is -2.44. The highest BCUT2D eigenvalue weighted by Gasteiger charge is 2.35. The Balaban J connectivity index is 1.94. The van der Waals surface area contributed by atoms with E-state index in [2.05, 4.69) is 52.0 Å². The van der Waals surface area contributed by atoms with Gasteiger partial charge in [-0.05, 0) is 42.2 Å². The summed E-state index contributed by atoms with van der Waals surface area (Å²) in [5.41, 5.74) is 2.52. The number of benzene rings is 1. The van der Waals surface area contributed by atoms with Crippen molar-refractivity contribution in [1.29, 1.82) is 0 Å². The molecule has 2 atom stereocenters. The van der Waals surface area contributed by atoms with E-state index in [4.69, 9.17) is 0 Å².